The lowest BCUT2D eigenvalue weighted by molar-refractivity contribution is 0.159. The quantitative estimate of drug-likeness (QED) is 0.775. The molecule has 9 heteroatoms. The summed E-state index contributed by atoms with van der Waals surface area (Å²) in [6.07, 6.45) is -2.01. The fourth-order valence-electron chi connectivity index (χ4n) is 1.73. The normalized spacial score (nSPS) is 11.4. The summed E-state index contributed by atoms with van der Waals surface area (Å²) < 4.78 is 10.5. The molecule has 8 nitrogen and oxygen atoms in total. The minimum Gasteiger partial charge on any atom is -0.406 e. The molecule has 26 heavy (non-hydrogen) atoms. The molecule has 0 bridgehead atoms. The molecule has 0 spiro atoms. The summed E-state index contributed by atoms with van der Waals surface area (Å²) in [6.45, 7) is 4.29. The first kappa shape index (κ1) is 24.0. The Labute approximate surface area is 160 Å². The first-order chi connectivity index (χ1) is 11.6. The van der Waals surface area contributed by atoms with Crippen molar-refractivity contribution in [1.82, 2.24) is 15.1 Å². The second kappa shape index (κ2) is 10.8. The van der Waals surface area contributed by atoms with E-state index in [-0.39, 0.29) is 29.9 Å². The lowest BCUT2D eigenvalue weighted by atomic mass is 10.1. The molecule has 0 saturated heterocycles. The fraction of sp³-hybridized carbons (Fsp3) is 0.529. The van der Waals surface area contributed by atoms with Crippen LogP contribution in [0.15, 0.2) is 18.2 Å². The van der Waals surface area contributed by atoms with Crippen LogP contribution in [0.3, 0.4) is 0 Å². The summed E-state index contributed by atoms with van der Waals surface area (Å²) in [5.74, 6) is 0.164. The Kier molecular flexibility index (Phi) is 10.0. The number of benzene rings is 1. The van der Waals surface area contributed by atoms with Crippen molar-refractivity contribution in [3.8, 4) is 11.5 Å². The van der Waals surface area contributed by atoms with E-state index in [2.05, 4.69) is 5.32 Å². The summed E-state index contributed by atoms with van der Waals surface area (Å²) >= 11 is 0. The number of ether oxygens (including phenoxy) is 2. The lowest BCUT2D eigenvalue weighted by Gasteiger charge is -2.18. The Morgan fingerprint density at radius 1 is 1.04 bits per heavy atom. The number of nitrogens with one attached hydrogen (secondary N) is 1. The fourth-order valence-corrected chi connectivity index (χ4v) is 1.73. The van der Waals surface area contributed by atoms with Gasteiger partial charge in [-0.25, -0.2) is 9.59 Å². The van der Waals surface area contributed by atoms with Gasteiger partial charge in [-0.15, -0.1) is 12.4 Å². The number of rotatable bonds is 6. The van der Waals surface area contributed by atoms with Crippen LogP contribution in [0.4, 0.5) is 9.59 Å². The number of hydrogen-bond donors (Lipinski definition) is 2. The molecule has 0 aliphatic heterocycles. The molecule has 148 valence electrons. The second-order valence-electron chi connectivity index (χ2n) is 6.31. The number of carbonyl (C=O) groups excluding carboxylic acids is 2. The van der Waals surface area contributed by atoms with E-state index in [1.54, 1.807) is 34.3 Å². The number of nitrogens with zero attached hydrogens (tertiary/aromatic N) is 2. The van der Waals surface area contributed by atoms with Gasteiger partial charge in [-0.1, -0.05) is 19.9 Å². The molecule has 0 aromatic heterocycles. The molecule has 0 radical (unpaired) electrons. The maximum absolute atomic E-state index is 11.9. The second-order valence-corrected chi connectivity index (χ2v) is 6.31. The number of aliphatic hydroxyl groups is 1. The van der Waals surface area contributed by atoms with E-state index < -0.39 is 18.3 Å². The lowest BCUT2D eigenvalue weighted by Crippen LogP contribution is -2.28. The summed E-state index contributed by atoms with van der Waals surface area (Å²) in [7, 11) is 6.17. The van der Waals surface area contributed by atoms with E-state index in [4.69, 9.17) is 9.47 Å². The maximum atomic E-state index is 11.9. The molecule has 1 rings (SSSR count). The van der Waals surface area contributed by atoms with Crippen LogP contribution in [0.2, 0.25) is 0 Å². The van der Waals surface area contributed by atoms with Crippen LogP contribution in [-0.4, -0.2) is 67.9 Å². The third-order valence-electron chi connectivity index (χ3n) is 3.20. The van der Waals surface area contributed by atoms with Crippen molar-refractivity contribution in [2.24, 2.45) is 0 Å². The molecule has 0 unspecified atom stereocenters. The van der Waals surface area contributed by atoms with Crippen molar-refractivity contribution in [1.29, 1.82) is 0 Å². The van der Waals surface area contributed by atoms with Crippen LogP contribution in [0, 0.1) is 0 Å². The van der Waals surface area contributed by atoms with Gasteiger partial charge < -0.3 is 29.7 Å². The summed E-state index contributed by atoms with van der Waals surface area (Å²) in [5, 5.41) is 13.4. The van der Waals surface area contributed by atoms with E-state index in [0.29, 0.717) is 12.1 Å². The van der Waals surface area contributed by atoms with Crippen LogP contribution in [0.1, 0.15) is 25.5 Å². The summed E-state index contributed by atoms with van der Waals surface area (Å²) in [5.41, 5.74) is 0.541. The Morgan fingerprint density at radius 3 is 2.00 bits per heavy atom. The van der Waals surface area contributed by atoms with Crippen molar-refractivity contribution in [3.63, 3.8) is 0 Å². The smallest absolute Gasteiger partial charge is 0.406 e. The number of halogens is 1. The third kappa shape index (κ3) is 7.47. The minimum atomic E-state index is -0.794. The van der Waals surface area contributed by atoms with Gasteiger partial charge in [0.2, 0.25) is 0 Å². The molecule has 0 aliphatic carbocycles. The largest absolute Gasteiger partial charge is 0.414 e. The zero-order valence-electron chi connectivity index (χ0n) is 16.0. The number of carbonyl (C=O) groups is 2. The summed E-state index contributed by atoms with van der Waals surface area (Å²) in [6, 6.07) is 4.83. The molecule has 1 aromatic rings. The highest BCUT2D eigenvalue weighted by atomic mass is 35.5. The van der Waals surface area contributed by atoms with Crippen LogP contribution in [0.5, 0.6) is 11.5 Å². The van der Waals surface area contributed by atoms with Crippen molar-refractivity contribution in [3.05, 3.63) is 23.8 Å². The van der Waals surface area contributed by atoms with E-state index in [0.717, 1.165) is 0 Å². The van der Waals surface area contributed by atoms with E-state index in [1.807, 2.05) is 13.8 Å². The Balaban J connectivity index is 0.00000625. The average Bonchev–Trinajstić information content (AvgIpc) is 2.53. The van der Waals surface area contributed by atoms with Crippen LogP contribution in [-0.2, 0) is 0 Å². The molecule has 0 heterocycles. The Bertz CT molecular complexity index is 608. The van der Waals surface area contributed by atoms with Gasteiger partial charge in [0.15, 0.2) is 11.5 Å². The maximum Gasteiger partial charge on any atom is 0.414 e. The van der Waals surface area contributed by atoms with Gasteiger partial charge in [0.05, 0.1) is 6.10 Å². The highest BCUT2D eigenvalue weighted by molar-refractivity contribution is 5.85. The number of hydrogen-bond acceptors (Lipinski definition) is 6. The van der Waals surface area contributed by atoms with Gasteiger partial charge in [0.25, 0.3) is 0 Å². The third-order valence-corrected chi connectivity index (χ3v) is 3.20. The molecule has 1 atom stereocenters. The predicted octanol–water partition coefficient (Wildman–Crippen LogP) is 2.26. The zero-order valence-corrected chi connectivity index (χ0v) is 16.8. The van der Waals surface area contributed by atoms with Crippen molar-refractivity contribution >= 4 is 24.6 Å². The standard InChI is InChI=1S/C17H27N3O5.ClH/c1-11(2)18-10-13(21)12-7-8-14(24-16(22)19(3)4)15(9-12)25-17(23)20(5)6;/h7-9,11,13,18,21H,10H2,1-6H3;1H/t13-;/m0./s1. The Hall–Kier alpha value is -2.03. The van der Waals surface area contributed by atoms with Gasteiger partial charge >= 0.3 is 12.2 Å². The Morgan fingerprint density at radius 2 is 1.54 bits per heavy atom. The van der Waals surface area contributed by atoms with Crippen LogP contribution < -0.4 is 14.8 Å². The van der Waals surface area contributed by atoms with Gasteiger partial charge in [-0.3, -0.25) is 0 Å². The van der Waals surface area contributed by atoms with E-state index in [1.165, 1.54) is 21.9 Å². The molecule has 2 amide bonds. The average molecular weight is 390 g/mol. The minimum absolute atomic E-state index is 0. The molecule has 0 fully saturated rings. The van der Waals surface area contributed by atoms with Crippen molar-refractivity contribution < 1.29 is 24.2 Å². The topological polar surface area (TPSA) is 91.3 Å². The molecular weight excluding hydrogens is 362 g/mol. The highest BCUT2D eigenvalue weighted by Gasteiger charge is 2.19. The zero-order chi connectivity index (χ0) is 19.1. The molecule has 1 aromatic carbocycles. The van der Waals surface area contributed by atoms with Crippen molar-refractivity contribution in [2.75, 3.05) is 34.7 Å². The monoisotopic (exact) mass is 389 g/mol. The molecule has 0 saturated carbocycles. The molecular formula is C17H28ClN3O5. The van der Waals surface area contributed by atoms with Gasteiger partial charge in [0.1, 0.15) is 0 Å². The summed E-state index contributed by atoms with van der Waals surface area (Å²) in [4.78, 5) is 26.1. The molecule has 0 aliphatic rings. The van der Waals surface area contributed by atoms with Gasteiger partial charge in [-0.2, -0.15) is 0 Å². The van der Waals surface area contributed by atoms with Gasteiger partial charge in [-0.05, 0) is 17.7 Å². The van der Waals surface area contributed by atoms with Crippen LogP contribution >= 0.6 is 12.4 Å². The van der Waals surface area contributed by atoms with Crippen molar-refractivity contribution in [2.45, 2.75) is 26.0 Å². The first-order valence-corrected chi connectivity index (χ1v) is 7.95. The van der Waals surface area contributed by atoms with Crippen LogP contribution in [0.25, 0.3) is 0 Å². The molecule has 2 N–H and O–H groups in total. The number of aliphatic hydroxyl groups excluding tert-OH is 1. The van der Waals surface area contributed by atoms with Gasteiger partial charge in [0, 0.05) is 40.8 Å². The highest BCUT2D eigenvalue weighted by Crippen LogP contribution is 2.31. The van der Waals surface area contributed by atoms with E-state index >= 15 is 0 Å². The van der Waals surface area contributed by atoms with E-state index in [9.17, 15) is 14.7 Å². The SMILES string of the molecule is CC(C)NC[C@H](O)c1ccc(OC(=O)N(C)C)c(OC(=O)N(C)C)c1.Cl. The first-order valence-electron chi connectivity index (χ1n) is 7.95. The number of amides is 2. The predicted molar refractivity (Wildman–Crippen MR) is 101 cm³/mol.